The molecule has 1 saturated heterocycles. The third-order valence-electron chi connectivity index (χ3n) is 5.97. The highest BCUT2D eigenvalue weighted by molar-refractivity contribution is 5.71. The highest BCUT2D eigenvalue weighted by Crippen LogP contribution is 2.20. The molecule has 4 rings (SSSR count). The molecule has 172 valence electrons. The smallest absolute Gasteiger partial charge is 0.330 e. The molecule has 0 amide bonds. The molecule has 0 unspecified atom stereocenters. The van der Waals surface area contributed by atoms with Gasteiger partial charge in [-0.25, -0.2) is 9.78 Å². The first kappa shape index (κ1) is 22.3. The number of anilines is 1. The van der Waals surface area contributed by atoms with Crippen molar-refractivity contribution in [3.05, 3.63) is 56.5 Å². The SMILES string of the molecule is CCCCn1c(=O)[nH]c(=O)c2c1nc(CNc1ccccc1CN1CCOCC1)n2CC. The van der Waals surface area contributed by atoms with E-state index in [9.17, 15) is 9.59 Å². The van der Waals surface area contributed by atoms with Gasteiger partial charge in [-0.3, -0.25) is 19.2 Å². The Balaban J connectivity index is 1.62. The molecule has 0 saturated carbocycles. The Hall–Kier alpha value is -2.91. The summed E-state index contributed by atoms with van der Waals surface area (Å²) in [6, 6.07) is 8.27. The van der Waals surface area contributed by atoms with E-state index >= 15 is 0 Å². The summed E-state index contributed by atoms with van der Waals surface area (Å²) in [6.45, 7) is 9.90. The van der Waals surface area contributed by atoms with E-state index in [1.165, 1.54) is 5.56 Å². The van der Waals surface area contributed by atoms with Crippen LogP contribution >= 0.6 is 0 Å². The van der Waals surface area contributed by atoms with E-state index in [1.807, 2.05) is 23.6 Å². The number of fused-ring (bicyclic) bond motifs is 1. The van der Waals surface area contributed by atoms with Crippen LogP contribution in [0.3, 0.4) is 0 Å². The monoisotopic (exact) mass is 440 g/mol. The molecule has 0 atom stereocenters. The van der Waals surface area contributed by atoms with Crippen LogP contribution in [0.5, 0.6) is 0 Å². The zero-order chi connectivity index (χ0) is 22.5. The first-order valence-electron chi connectivity index (χ1n) is 11.5. The Morgan fingerprint density at radius 2 is 1.91 bits per heavy atom. The number of para-hydroxylation sites is 1. The zero-order valence-corrected chi connectivity index (χ0v) is 18.9. The van der Waals surface area contributed by atoms with E-state index in [0.29, 0.717) is 30.8 Å². The summed E-state index contributed by atoms with van der Waals surface area (Å²) in [5, 5.41) is 3.51. The lowest BCUT2D eigenvalue weighted by Crippen LogP contribution is -2.35. The van der Waals surface area contributed by atoms with Crippen LogP contribution in [0.15, 0.2) is 33.9 Å². The number of rotatable bonds is 9. The molecule has 1 aromatic carbocycles. The fourth-order valence-electron chi connectivity index (χ4n) is 4.22. The number of hydrogen-bond acceptors (Lipinski definition) is 6. The molecule has 9 nitrogen and oxygen atoms in total. The molecule has 0 radical (unpaired) electrons. The van der Waals surface area contributed by atoms with Crippen LogP contribution in [0.2, 0.25) is 0 Å². The molecular formula is C23H32N6O3. The number of H-pyrrole nitrogens is 1. The predicted molar refractivity (Wildman–Crippen MR) is 125 cm³/mol. The average Bonchev–Trinajstić information content (AvgIpc) is 3.18. The van der Waals surface area contributed by atoms with Crippen molar-refractivity contribution in [2.75, 3.05) is 31.6 Å². The zero-order valence-electron chi connectivity index (χ0n) is 18.9. The minimum atomic E-state index is -0.396. The van der Waals surface area contributed by atoms with Crippen molar-refractivity contribution in [3.63, 3.8) is 0 Å². The van der Waals surface area contributed by atoms with Crippen LogP contribution in [0.25, 0.3) is 11.2 Å². The van der Waals surface area contributed by atoms with E-state index in [1.54, 1.807) is 4.57 Å². The van der Waals surface area contributed by atoms with E-state index < -0.39 is 5.69 Å². The van der Waals surface area contributed by atoms with Gasteiger partial charge in [-0.15, -0.1) is 0 Å². The van der Waals surface area contributed by atoms with Crippen molar-refractivity contribution in [2.24, 2.45) is 0 Å². The van der Waals surface area contributed by atoms with Gasteiger partial charge in [0, 0.05) is 38.4 Å². The minimum Gasteiger partial charge on any atom is -0.379 e. The van der Waals surface area contributed by atoms with Crippen molar-refractivity contribution in [1.29, 1.82) is 0 Å². The number of morpholine rings is 1. The molecule has 32 heavy (non-hydrogen) atoms. The fourth-order valence-corrected chi connectivity index (χ4v) is 4.22. The maximum atomic E-state index is 12.6. The first-order chi connectivity index (χ1) is 15.6. The van der Waals surface area contributed by atoms with Gasteiger partial charge in [0.2, 0.25) is 0 Å². The summed E-state index contributed by atoms with van der Waals surface area (Å²) in [5.74, 6) is 0.741. The number of aromatic amines is 1. The summed E-state index contributed by atoms with van der Waals surface area (Å²) in [6.07, 6.45) is 1.80. The van der Waals surface area contributed by atoms with Gasteiger partial charge in [-0.1, -0.05) is 31.5 Å². The van der Waals surface area contributed by atoms with Crippen LogP contribution in [-0.4, -0.2) is 50.3 Å². The van der Waals surface area contributed by atoms with Crippen LogP contribution in [0.1, 0.15) is 38.1 Å². The first-order valence-corrected chi connectivity index (χ1v) is 11.5. The van der Waals surface area contributed by atoms with Crippen molar-refractivity contribution in [2.45, 2.75) is 52.9 Å². The summed E-state index contributed by atoms with van der Waals surface area (Å²) in [5.41, 5.74) is 2.41. The largest absolute Gasteiger partial charge is 0.379 e. The molecule has 9 heteroatoms. The standard InChI is InChI=1S/C23H32N6O3/c1-3-5-10-29-21-20(22(30)26-23(29)31)28(4-2)19(25-21)15-24-18-9-7-6-8-17(18)16-27-11-13-32-14-12-27/h6-9,24H,3-5,10-16H2,1-2H3,(H,26,30,31). The number of aromatic nitrogens is 4. The highest BCUT2D eigenvalue weighted by Gasteiger charge is 2.18. The van der Waals surface area contributed by atoms with Gasteiger partial charge in [0.1, 0.15) is 5.82 Å². The van der Waals surface area contributed by atoms with E-state index in [-0.39, 0.29) is 5.56 Å². The molecular weight excluding hydrogens is 408 g/mol. The summed E-state index contributed by atoms with van der Waals surface area (Å²) < 4.78 is 8.94. The number of hydrogen-bond donors (Lipinski definition) is 2. The van der Waals surface area contributed by atoms with E-state index in [4.69, 9.17) is 9.72 Å². The normalized spacial score (nSPS) is 14.8. The maximum Gasteiger partial charge on any atom is 0.330 e. The Labute approximate surface area is 187 Å². The fraction of sp³-hybridized carbons (Fsp3) is 0.522. The average molecular weight is 441 g/mol. The summed E-state index contributed by atoms with van der Waals surface area (Å²) >= 11 is 0. The second-order valence-electron chi connectivity index (χ2n) is 8.11. The third-order valence-corrected chi connectivity index (χ3v) is 5.97. The molecule has 0 bridgehead atoms. The Morgan fingerprint density at radius 3 is 2.66 bits per heavy atom. The molecule has 3 heterocycles. The third kappa shape index (κ3) is 4.63. The molecule has 0 spiro atoms. The topological polar surface area (TPSA) is 97.2 Å². The van der Waals surface area contributed by atoms with Gasteiger partial charge in [0.15, 0.2) is 11.2 Å². The molecule has 1 aliphatic rings. The van der Waals surface area contributed by atoms with Gasteiger partial charge >= 0.3 is 5.69 Å². The highest BCUT2D eigenvalue weighted by atomic mass is 16.5. The molecule has 3 aromatic rings. The quantitative estimate of drug-likeness (QED) is 0.529. The molecule has 0 aliphatic carbocycles. The number of nitrogens with one attached hydrogen (secondary N) is 2. The van der Waals surface area contributed by atoms with Crippen LogP contribution < -0.4 is 16.6 Å². The van der Waals surface area contributed by atoms with Gasteiger partial charge in [0.25, 0.3) is 5.56 Å². The number of nitrogens with zero attached hydrogens (tertiary/aromatic N) is 4. The van der Waals surface area contributed by atoms with Crippen LogP contribution in [0, 0.1) is 0 Å². The van der Waals surface area contributed by atoms with Crippen molar-refractivity contribution in [1.82, 2.24) is 24.0 Å². The van der Waals surface area contributed by atoms with E-state index in [0.717, 1.165) is 57.2 Å². The van der Waals surface area contributed by atoms with Gasteiger partial charge in [-0.05, 0) is 25.0 Å². The van der Waals surface area contributed by atoms with Crippen LogP contribution in [-0.2, 0) is 30.9 Å². The van der Waals surface area contributed by atoms with Gasteiger partial charge in [0.05, 0.1) is 19.8 Å². The number of aryl methyl sites for hydroxylation is 2. The number of benzene rings is 1. The summed E-state index contributed by atoms with van der Waals surface area (Å²) in [4.78, 5) is 34.6. The van der Waals surface area contributed by atoms with Crippen LogP contribution in [0.4, 0.5) is 5.69 Å². The molecule has 1 aliphatic heterocycles. The van der Waals surface area contributed by atoms with Crippen molar-refractivity contribution < 1.29 is 4.74 Å². The lowest BCUT2D eigenvalue weighted by molar-refractivity contribution is 0.0342. The Kier molecular flexibility index (Phi) is 7.06. The lowest BCUT2D eigenvalue weighted by atomic mass is 10.1. The van der Waals surface area contributed by atoms with Crippen molar-refractivity contribution >= 4 is 16.9 Å². The lowest BCUT2D eigenvalue weighted by Gasteiger charge is -2.27. The molecule has 2 aromatic heterocycles. The van der Waals surface area contributed by atoms with Gasteiger partial charge in [-0.2, -0.15) is 0 Å². The number of unbranched alkanes of at least 4 members (excludes halogenated alkanes) is 1. The van der Waals surface area contributed by atoms with E-state index in [2.05, 4.69) is 34.3 Å². The Morgan fingerprint density at radius 1 is 1.12 bits per heavy atom. The summed E-state index contributed by atoms with van der Waals surface area (Å²) in [7, 11) is 0. The second-order valence-corrected chi connectivity index (χ2v) is 8.11. The number of imidazole rings is 1. The second kappa shape index (κ2) is 10.1. The predicted octanol–water partition coefficient (Wildman–Crippen LogP) is 2.15. The molecule has 2 N–H and O–H groups in total. The van der Waals surface area contributed by atoms with Gasteiger partial charge < -0.3 is 14.6 Å². The molecule has 1 fully saturated rings. The van der Waals surface area contributed by atoms with Crippen molar-refractivity contribution in [3.8, 4) is 0 Å². The number of ether oxygens (including phenoxy) is 1. The Bertz CT molecular complexity index is 1170. The maximum absolute atomic E-state index is 12.6. The minimum absolute atomic E-state index is 0.383.